The van der Waals surface area contributed by atoms with Crippen LogP contribution < -0.4 is 4.72 Å². The third-order valence-corrected chi connectivity index (χ3v) is 5.76. The van der Waals surface area contributed by atoms with Crippen molar-refractivity contribution in [2.45, 2.75) is 57.3 Å². The molecule has 2 aromatic carbocycles. The highest BCUT2D eigenvalue weighted by Crippen LogP contribution is 2.29. The molecule has 0 aliphatic heterocycles. The van der Waals surface area contributed by atoms with Gasteiger partial charge in [-0.1, -0.05) is 65.0 Å². The normalized spacial score (nSPS) is 13.5. The number of nitrogens with one attached hydrogen (secondary N) is 1. The van der Waals surface area contributed by atoms with Gasteiger partial charge in [0.15, 0.2) is 0 Å². The lowest BCUT2D eigenvalue weighted by Gasteiger charge is -2.20. The molecule has 0 aromatic heterocycles. The number of para-hydroxylation sites is 1. The first-order valence-electron chi connectivity index (χ1n) is 8.37. The van der Waals surface area contributed by atoms with E-state index in [4.69, 9.17) is 0 Å². The van der Waals surface area contributed by atoms with Crippen molar-refractivity contribution in [3.63, 3.8) is 0 Å². The van der Waals surface area contributed by atoms with Crippen LogP contribution in [0.4, 0.5) is 5.69 Å². The van der Waals surface area contributed by atoms with E-state index in [9.17, 15) is 8.42 Å². The molecule has 4 heteroatoms. The number of anilines is 1. The number of hydrogen-bond donors (Lipinski definition) is 1. The van der Waals surface area contributed by atoms with E-state index in [1.165, 1.54) is 0 Å². The summed E-state index contributed by atoms with van der Waals surface area (Å²) < 4.78 is 28.2. The van der Waals surface area contributed by atoms with Crippen molar-refractivity contribution in [1.29, 1.82) is 0 Å². The summed E-state index contributed by atoms with van der Waals surface area (Å²) in [5.74, 6) is 0.298. The summed E-state index contributed by atoms with van der Waals surface area (Å²) in [4.78, 5) is 0.287. The molecule has 0 radical (unpaired) electrons. The standard InChI is InChI=1S/C20H27NO2S/c1-6-15(2)18-9-7-8-10-19(18)21-24(22,23)17-13-11-16(12-14-17)20(3,4)5/h7-15,21H,6H2,1-5H3. The molecule has 0 heterocycles. The van der Waals surface area contributed by atoms with Crippen molar-refractivity contribution in [2.75, 3.05) is 4.72 Å². The number of sulfonamides is 1. The van der Waals surface area contributed by atoms with Crippen LogP contribution in [0.3, 0.4) is 0 Å². The quantitative estimate of drug-likeness (QED) is 0.799. The molecular formula is C20H27NO2S. The molecule has 130 valence electrons. The second kappa shape index (κ2) is 6.98. The lowest BCUT2D eigenvalue weighted by Crippen LogP contribution is -2.16. The van der Waals surface area contributed by atoms with Gasteiger partial charge < -0.3 is 0 Å². The molecule has 0 fully saturated rings. The van der Waals surface area contributed by atoms with E-state index in [-0.39, 0.29) is 10.3 Å². The van der Waals surface area contributed by atoms with Gasteiger partial charge in [-0.3, -0.25) is 4.72 Å². The third kappa shape index (κ3) is 4.18. The van der Waals surface area contributed by atoms with Crippen molar-refractivity contribution >= 4 is 15.7 Å². The average Bonchev–Trinajstić information content (AvgIpc) is 2.53. The molecule has 24 heavy (non-hydrogen) atoms. The lowest BCUT2D eigenvalue weighted by molar-refractivity contribution is 0.587. The number of hydrogen-bond acceptors (Lipinski definition) is 2. The minimum atomic E-state index is -3.59. The molecular weight excluding hydrogens is 318 g/mol. The molecule has 1 atom stereocenters. The highest BCUT2D eigenvalue weighted by molar-refractivity contribution is 7.92. The maximum absolute atomic E-state index is 12.7. The molecule has 0 aliphatic rings. The molecule has 0 saturated carbocycles. The van der Waals surface area contributed by atoms with Gasteiger partial charge in [-0.25, -0.2) is 8.42 Å². The van der Waals surface area contributed by atoms with Gasteiger partial charge in [0.05, 0.1) is 10.6 Å². The molecule has 0 saturated heterocycles. The fourth-order valence-electron chi connectivity index (χ4n) is 2.58. The van der Waals surface area contributed by atoms with Gasteiger partial charge in [0.1, 0.15) is 0 Å². The zero-order chi connectivity index (χ0) is 18.0. The fraction of sp³-hybridized carbons (Fsp3) is 0.400. The van der Waals surface area contributed by atoms with Crippen molar-refractivity contribution < 1.29 is 8.42 Å². The van der Waals surface area contributed by atoms with Gasteiger partial charge in [0.25, 0.3) is 10.0 Å². The number of benzene rings is 2. The summed E-state index contributed by atoms with van der Waals surface area (Å²) in [6, 6.07) is 14.7. The predicted octanol–water partition coefficient (Wildman–Crippen LogP) is 5.30. The van der Waals surface area contributed by atoms with Crippen LogP contribution in [0.15, 0.2) is 53.4 Å². The van der Waals surface area contributed by atoms with Crippen LogP contribution >= 0.6 is 0 Å². The summed E-state index contributed by atoms with van der Waals surface area (Å²) in [5, 5.41) is 0. The molecule has 1 N–H and O–H groups in total. The van der Waals surface area contributed by atoms with Gasteiger partial charge in [0, 0.05) is 0 Å². The SMILES string of the molecule is CCC(C)c1ccccc1NS(=O)(=O)c1ccc(C(C)(C)C)cc1. The Labute approximate surface area is 146 Å². The van der Waals surface area contributed by atoms with Gasteiger partial charge in [-0.2, -0.15) is 0 Å². The Morgan fingerprint density at radius 2 is 1.58 bits per heavy atom. The van der Waals surface area contributed by atoms with Crippen molar-refractivity contribution in [3.05, 3.63) is 59.7 Å². The van der Waals surface area contributed by atoms with Gasteiger partial charge in [-0.05, 0) is 47.1 Å². The Morgan fingerprint density at radius 1 is 1.00 bits per heavy atom. The Hall–Kier alpha value is -1.81. The Morgan fingerprint density at radius 3 is 2.12 bits per heavy atom. The summed E-state index contributed by atoms with van der Waals surface area (Å²) >= 11 is 0. The zero-order valence-electron chi connectivity index (χ0n) is 15.1. The predicted molar refractivity (Wildman–Crippen MR) is 101 cm³/mol. The fourth-order valence-corrected chi connectivity index (χ4v) is 3.67. The van der Waals surface area contributed by atoms with Crippen LogP contribution in [-0.2, 0) is 15.4 Å². The third-order valence-electron chi connectivity index (χ3n) is 4.38. The van der Waals surface area contributed by atoms with E-state index in [2.05, 4.69) is 39.3 Å². The van der Waals surface area contributed by atoms with Crippen LogP contribution in [0.2, 0.25) is 0 Å². The largest absolute Gasteiger partial charge is 0.279 e. The topological polar surface area (TPSA) is 46.2 Å². The summed E-state index contributed by atoms with van der Waals surface area (Å²) in [7, 11) is -3.59. The van der Waals surface area contributed by atoms with Crippen LogP contribution in [-0.4, -0.2) is 8.42 Å². The molecule has 0 aliphatic carbocycles. The monoisotopic (exact) mass is 345 g/mol. The van der Waals surface area contributed by atoms with E-state index in [1.807, 2.05) is 36.4 Å². The maximum Gasteiger partial charge on any atom is 0.261 e. The molecule has 3 nitrogen and oxygen atoms in total. The van der Waals surface area contributed by atoms with Crippen molar-refractivity contribution in [3.8, 4) is 0 Å². The highest BCUT2D eigenvalue weighted by atomic mass is 32.2. The lowest BCUT2D eigenvalue weighted by atomic mass is 9.87. The van der Waals surface area contributed by atoms with E-state index >= 15 is 0 Å². The molecule has 2 rings (SSSR count). The summed E-state index contributed by atoms with van der Waals surface area (Å²) in [6.07, 6.45) is 0.957. The van der Waals surface area contributed by atoms with Gasteiger partial charge >= 0.3 is 0 Å². The molecule has 0 spiro atoms. The van der Waals surface area contributed by atoms with Crippen molar-refractivity contribution in [2.24, 2.45) is 0 Å². The van der Waals surface area contributed by atoms with E-state index in [1.54, 1.807) is 12.1 Å². The smallest absolute Gasteiger partial charge is 0.261 e. The minimum Gasteiger partial charge on any atom is -0.279 e. The number of rotatable bonds is 5. The van der Waals surface area contributed by atoms with Crippen molar-refractivity contribution in [1.82, 2.24) is 0 Å². The maximum atomic E-state index is 12.7. The van der Waals surface area contributed by atoms with Gasteiger partial charge in [-0.15, -0.1) is 0 Å². The highest BCUT2D eigenvalue weighted by Gasteiger charge is 2.19. The summed E-state index contributed by atoms with van der Waals surface area (Å²) in [5.41, 5.74) is 2.79. The Bertz CT molecular complexity index is 787. The zero-order valence-corrected chi connectivity index (χ0v) is 15.9. The Balaban J connectivity index is 2.33. The first-order valence-corrected chi connectivity index (χ1v) is 9.85. The second-order valence-corrected chi connectivity index (χ2v) is 8.96. The van der Waals surface area contributed by atoms with Crippen LogP contribution in [0, 0.1) is 0 Å². The second-order valence-electron chi connectivity index (χ2n) is 7.28. The van der Waals surface area contributed by atoms with Crippen LogP contribution in [0.5, 0.6) is 0 Å². The van der Waals surface area contributed by atoms with Gasteiger partial charge in [0.2, 0.25) is 0 Å². The Kier molecular flexibility index (Phi) is 5.38. The minimum absolute atomic E-state index is 0.00111. The van der Waals surface area contributed by atoms with E-state index in [0.717, 1.165) is 17.5 Å². The average molecular weight is 346 g/mol. The van der Waals surface area contributed by atoms with Crippen LogP contribution in [0.1, 0.15) is 58.1 Å². The first kappa shape index (κ1) is 18.5. The summed E-state index contributed by atoms with van der Waals surface area (Å²) in [6.45, 7) is 10.5. The molecule has 0 amide bonds. The molecule has 2 aromatic rings. The molecule has 0 bridgehead atoms. The van der Waals surface area contributed by atoms with Crippen LogP contribution in [0.25, 0.3) is 0 Å². The van der Waals surface area contributed by atoms with E-state index < -0.39 is 10.0 Å². The molecule has 1 unspecified atom stereocenters. The first-order chi connectivity index (χ1) is 11.1. The van der Waals surface area contributed by atoms with E-state index in [0.29, 0.717) is 11.6 Å².